The Morgan fingerprint density at radius 3 is 2.04 bits per heavy atom. The molecule has 4 aliphatic rings. The third kappa shape index (κ3) is 2.15. The van der Waals surface area contributed by atoms with Gasteiger partial charge in [-0.1, -0.05) is 53.9 Å². The number of hydrogen-bond donors (Lipinski definition) is 0. The molecule has 132 valence electrons. The first kappa shape index (κ1) is 16.5. The van der Waals surface area contributed by atoms with Crippen LogP contribution in [-0.4, -0.2) is 0 Å². The number of fused-ring (bicyclic) bond motifs is 5. The molecule has 0 radical (unpaired) electrons. The van der Waals surface area contributed by atoms with Crippen LogP contribution in [0.4, 0.5) is 0 Å². The summed E-state index contributed by atoms with van der Waals surface area (Å²) in [7, 11) is 0. The normalized spacial score (nSPS) is 59.1. The molecule has 0 bridgehead atoms. The second-order valence-corrected chi connectivity index (χ2v) is 10.7. The first-order chi connectivity index (χ1) is 10.9. The first-order valence-corrected chi connectivity index (χ1v) is 10.9. The van der Waals surface area contributed by atoms with E-state index in [-0.39, 0.29) is 0 Å². The molecule has 0 heteroatoms. The van der Waals surface area contributed by atoms with Crippen LogP contribution in [0.2, 0.25) is 0 Å². The van der Waals surface area contributed by atoms with Gasteiger partial charge in [0.15, 0.2) is 0 Å². The van der Waals surface area contributed by atoms with Crippen molar-refractivity contribution in [2.75, 3.05) is 0 Å². The summed E-state index contributed by atoms with van der Waals surface area (Å²) in [5.74, 6) is 7.18. The van der Waals surface area contributed by atoms with E-state index in [2.05, 4.69) is 34.6 Å². The Balaban J connectivity index is 1.66. The van der Waals surface area contributed by atoms with Gasteiger partial charge in [0.05, 0.1) is 0 Å². The van der Waals surface area contributed by atoms with Gasteiger partial charge in [-0.05, 0) is 90.8 Å². The van der Waals surface area contributed by atoms with E-state index in [0.29, 0.717) is 10.8 Å². The Labute approximate surface area is 145 Å². The molecule has 0 nitrogen and oxygen atoms in total. The van der Waals surface area contributed by atoms with Crippen LogP contribution in [0.3, 0.4) is 0 Å². The predicted octanol–water partition coefficient (Wildman–Crippen LogP) is 6.94. The summed E-state index contributed by atoms with van der Waals surface area (Å²) in [6.45, 7) is 13.1. The topological polar surface area (TPSA) is 0 Å². The number of hydrogen-bond acceptors (Lipinski definition) is 0. The standard InChI is InChI=1S/C23H40/c1-6-17-16(3)14-23(5)19(17)10-12-20-21(23)11-9-18-15(2)8-7-13-22(18,20)4/h15-21H,6-14H2,1-5H3. The summed E-state index contributed by atoms with van der Waals surface area (Å²) in [6, 6.07) is 0. The van der Waals surface area contributed by atoms with Gasteiger partial charge in [0, 0.05) is 0 Å². The molecule has 0 N–H and O–H groups in total. The van der Waals surface area contributed by atoms with Gasteiger partial charge in [-0.15, -0.1) is 0 Å². The Kier molecular flexibility index (Phi) is 3.94. The van der Waals surface area contributed by atoms with E-state index in [4.69, 9.17) is 0 Å². The first-order valence-electron chi connectivity index (χ1n) is 10.9. The molecule has 4 saturated carbocycles. The van der Waals surface area contributed by atoms with Gasteiger partial charge in [0.1, 0.15) is 0 Å². The van der Waals surface area contributed by atoms with Crippen molar-refractivity contribution in [3.05, 3.63) is 0 Å². The van der Waals surface area contributed by atoms with Crippen LogP contribution in [0, 0.1) is 52.3 Å². The lowest BCUT2D eigenvalue weighted by Gasteiger charge is -2.62. The third-order valence-electron chi connectivity index (χ3n) is 9.99. The summed E-state index contributed by atoms with van der Waals surface area (Å²) in [4.78, 5) is 0. The van der Waals surface area contributed by atoms with Crippen molar-refractivity contribution in [3.63, 3.8) is 0 Å². The Bertz CT molecular complexity index is 453. The maximum absolute atomic E-state index is 2.73. The molecule has 0 aliphatic heterocycles. The molecule has 9 atom stereocenters. The van der Waals surface area contributed by atoms with E-state index in [1.165, 1.54) is 32.1 Å². The summed E-state index contributed by atoms with van der Waals surface area (Å²) in [5.41, 5.74) is 1.36. The summed E-state index contributed by atoms with van der Waals surface area (Å²) in [6.07, 6.45) is 13.7. The van der Waals surface area contributed by atoms with Crippen LogP contribution in [0.15, 0.2) is 0 Å². The van der Waals surface area contributed by atoms with E-state index in [9.17, 15) is 0 Å². The van der Waals surface area contributed by atoms with Gasteiger partial charge < -0.3 is 0 Å². The zero-order chi connectivity index (χ0) is 16.4. The monoisotopic (exact) mass is 316 g/mol. The SMILES string of the molecule is CCC1C(C)CC2(C)C1CCC1C2CCC2C(C)CCCC21C. The van der Waals surface area contributed by atoms with Crippen molar-refractivity contribution in [2.24, 2.45) is 52.3 Å². The van der Waals surface area contributed by atoms with Crippen molar-refractivity contribution < 1.29 is 0 Å². The molecular weight excluding hydrogens is 276 g/mol. The smallest absolute Gasteiger partial charge is 0.0261 e. The van der Waals surface area contributed by atoms with Crippen molar-refractivity contribution in [3.8, 4) is 0 Å². The van der Waals surface area contributed by atoms with E-state index in [1.54, 1.807) is 25.7 Å². The highest BCUT2D eigenvalue weighted by Gasteiger charge is 2.61. The van der Waals surface area contributed by atoms with Crippen molar-refractivity contribution >= 4 is 0 Å². The molecule has 0 aromatic heterocycles. The zero-order valence-corrected chi connectivity index (χ0v) is 16.4. The van der Waals surface area contributed by atoms with Crippen LogP contribution in [0.5, 0.6) is 0 Å². The van der Waals surface area contributed by atoms with Crippen LogP contribution in [0.1, 0.15) is 92.4 Å². The average Bonchev–Trinajstić information content (AvgIpc) is 2.76. The molecule has 0 aromatic rings. The lowest BCUT2D eigenvalue weighted by atomic mass is 9.42. The molecule has 23 heavy (non-hydrogen) atoms. The van der Waals surface area contributed by atoms with Crippen LogP contribution in [-0.2, 0) is 0 Å². The second kappa shape index (κ2) is 5.50. The maximum atomic E-state index is 2.73. The molecule has 0 heterocycles. The largest absolute Gasteiger partial charge is 0.0651 e. The molecule has 4 aliphatic carbocycles. The van der Waals surface area contributed by atoms with E-state index < -0.39 is 0 Å². The fourth-order valence-electron chi connectivity index (χ4n) is 9.15. The highest BCUT2D eigenvalue weighted by Crippen LogP contribution is 2.69. The van der Waals surface area contributed by atoms with Gasteiger partial charge >= 0.3 is 0 Å². The molecule has 4 fully saturated rings. The van der Waals surface area contributed by atoms with Gasteiger partial charge in [-0.2, -0.15) is 0 Å². The van der Waals surface area contributed by atoms with E-state index in [1.807, 2.05) is 0 Å². The minimum Gasteiger partial charge on any atom is -0.0651 e. The summed E-state index contributed by atoms with van der Waals surface area (Å²) >= 11 is 0. The molecule has 0 saturated heterocycles. The molecule has 9 unspecified atom stereocenters. The van der Waals surface area contributed by atoms with Gasteiger partial charge in [0.25, 0.3) is 0 Å². The molecule has 0 aromatic carbocycles. The fraction of sp³-hybridized carbons (Fsp3) is 1.00. The van der Waals surface area contributed by atoms with E-state index >= 15 is 0 Å². The lowest BCUT2D eigenvalue weighted by molar-refractivity contribution is -0.134. The quantitative estimate of drug-likeness (QED) is 0.491. The summed E-state index contributed by atoms with van der Waals surface area (Å²) in [5, 5.41) is 0. The van der Waals surface area contributed by atoms with Gasteiger partial charge in [-0.25, -0.2) is 0 Å². The highest BCUT2D eigenvalue weighted by atomic mass is 14.7. The Hall–Kier alpha value is 0. The zero-order valence-electron chi connectivity index (χ0n) is 16.4. The maximum Gasteiger partial charge on any atom is -0.0261 e. The molecule has 0 amide bonds. The van der Waals surface area contributed by atoms with Crippen molar-refractivity contribution in [2.45, 2.75) is 92.4 Å². The predicted molar refractivity (Wildman–Crippen MR) is 99.2 cm³/mol. The Morgan fingerprint density at radius 1 is 0.739 bits per heavy atom. The number of rotatable bonds is 1. The molecular formula is C23H40. The summed E-state index contributed by atoms with van der Waals surface area (Å²) < 4.78 is 0. The fourth-order valence-corrected chi connectivity index (χ4v) is 9.15. The van der Waals surface area contributed by atoms with Crippen molar-refractivity contribution in [1.82, 2.24) is 0 Å². The lowest BCUT2D eigenvalue weighted by Crippen LogP contribution is -2.55. The second-order valence-electron chi connectivity index (χ2n) is 10.7. The minimum absolute atomic E-state index is 0.678. The minimum atomic E-state index is 0.678. The molecule has 0 spiro atoms. The van der Waals surface area contributed by atoms with Crippen LogP contribution in [0.25, 0.3) is 0 Å². The third-order valence-corrected chi connectivity index (χ3v) is 9.99. The Morgan fingerprint density at radius 2 is 1.35 bits per heavy atom. The van der Waals surface area contributed by atoms with Gasteiger partial charge in [0.2, 0.25) is 0 Å². The van der Waals surface area contributed by atoms with Crippen LogP contribution < -0.4 is 0 Å². The van der Waals surface area contributed by atoms with Gasteiger partial charge in [-0.3, -0.25) is 0 Å². The van der Waals surface area contributed by atoms with E-state index in [0.717, 1.165) is 41.4 Å². The highest BCUT2D eigenvalue weighted by molar-refractivity contribution is 5.10. The average molecular weight is 317 g/mol. The van der Waals surface area contributed by atoms with Crippen LogP contribution >= 0.6 is 0 Å². The van der Waals surface area contributed by atoms with Crippen molar-refractivity contribution in [1.29, 1.82) is 0 Å². The molecule has 4 rings (SSSR count).